The summed E-state index contributed by atoms with van der Waals surface area (Å²) < 4.78 is 5.45. The number of allylic oxidation sites excluding steroid dienone is 2. The van der Waals surface area contributed by atoms with Crippen molar-refractivity contribution in [2.75, 3.05) is 7.11 Å². The Hall–Kier alpha value is -0.300. The van der Waals surface area contributed by atoms with Gasteiger partial charge in [0, 0.05) is 7.11 Å². The molecule has 0 spiro atoms. The van der Waals surface area contributed by atoms with E-state index in [2.05, 4.69) is 6.92 Å². The summed E-state index contributed by atoms with van der Waals surface area (Å²) in [5, 5.41) is 0. The summed E-state index contributed by atoms with van der Waals surface area (Å²) in [7, 11) is 1.86. The minimum absolute atomic E-state index is 0.538. The quantitative estimate of drug-likeness (QED) is 0.636. The molecule has 1 nitrogen and oxygen atoms in total. The van der Waals surface area contributed by atoms with Gasteiger partial charge in [0.1, 0.15) is 0 Å². The highest BCUT2D eigenvalue weighted by molar-refractivity contribution is 5.18. The molecule has 2 aliphatic rings. The van der Waals surface area contributed by atoms with Crippen molar-refractivity contribution in [2.24, 2.45) is 5.92 Å². The standard InChI is InChI=1S/C16H28O/c1-3-4-13-5-7-14(8-6-13)15-9-11-16(17-2)12-10-15/h13,16H,3-12H2,1-2H3. The minimum atomic E-state index is 0.538. The summed E-state index contributed by atoms with van der Waals surface area (Å²) in [4.78, 5) is 0. The fraction of sp³-hybridized carbons (Fsp3) is 0.875. The van der Waals surface area contributed by atoms with E-state index in [-0.39, 0.29) is 0 Å². The molecule has 2 aliphatic carbocycles. The highest BCUT2D eigenvalue weighted by atomic mass is 16.5. The highest BCUT2D eigenvalue weighted by Gasteiger charge is 2.22. The van der Waals surface area contributed by atoms with Gasteiger partial charge in [0.2, 0.25) is 0 Å². The number of methoxy groups -OCH3 is 1. The molecule has 0 unspecified atom stereocenters. The first kappa shape index (κ1) is 13.1. The topological polar surface area (TPSA) is 9.23 Å². The van der Waals surface area contributed by atoms with Crippen LogP contribution in [0.15, 0.2) is 11.1 Å². The average Bonchev–Trinajstić information content (AvgIpc) is 2.40. The van der Waals surface area contributed by atoms with Gasteiger partial charge in [0.15, 0.2) is 0 Å². The molecule has 1 heteroatoms. The summed E-state index contributed by atoms with van der Waals surface area (Å²) in [5.74, 6) is 1.03. The summed E-state index contributed by atoms with van der Waals surface area (Å²) in [6.45, 7) is 2.32. The molecule has 0 bridgehead atoms. The highest BCUT2D eigenvalue weighted by Crippen LogP contribution is 2.37. The SMILES string of the molecule is CCCC1CCC(=C2CCC(OC)CC2)CC1. The van der Waals surface area contributed by atoms with Crippen LogP contribution in [0.3, 0.4) is 0 Å². The van der Waals surface area contributed by atoms with Gasteiger partial charge in [-0.15, -0.1) is 0 Å². The van der Waals surface area contributed by atoms with Crippen molar-refractivity contribution in [3.05, 3.63) is 11.1 Å². The predicted molar refractivity (Wildman–Crippen MR) is 73.2 cm³/mol. The van der Waals surface area contributed by atoms with Crippen LogP contribution in [0.2, 0.25) is 0 Å². The van der Waals surface area contributed by atoms with Crippen LogP contribution in [0.4, 0.5) is 0 Å². The normalized spacial score (nSPS) is 30.7. The molecule has 0 aromatic rings. The third kappa shape index (κ3) is 3.58. The molecule has 0 amide bonds. The molecule has 0 radical (unpaired) electrons. The zero-order valence-electron chi connectivity index (χ0n) is 11.6. The van der Waals surface area contributed by atoms with Crippen LogP contribution in [-0.2, 0) is 4.74 Å². The smallest absolute Gasteiger partial charge is 0.0577 e. The summed E-state index contributed by atoms with van der Waals surface area (Å²) in [6.07, 6.45) is 14.2. The first-order valence-corrected chi connectivity index (χ1v) is 7.56. The molecule has 0 N–H and O–H groups in total. The molecular weight excluding hydrogens is 208 g/mol. The van der Waals surface area contributed by atoms with Crippen molar-refractivity contribution in [1.29, 1.82) is 0 Å². The predicted octanol–water partition coefficient (Wildman–Crippen LogP) is 4.86. The van der Waals surface area contributed by atoms with E-state index in [1.807, 2.05) is 12.7 Å². The number of hydrogen-bond donors (Lipinski definition) is 0. The van der Waals surface area contributed by atoms with Crippen LogP contribution < -0.4 is 0 Å². The van der Waals surface area contributed by atoms with Crippen molar-refractivity contribution in [3.63, 3.8) is 0 Å². The van der Waals surface area contributed by atoms with Crippen LogP contribution >= 0.6 is 0 Å². The lowest BCUT2D eigenvalue weighted by Gasteiger charge is -2.29. The second-order valence-corrected chi connectivity index (χ2v) is 5.87. The van der Waals surface area contributed by atoms with Gasteiger partial charge in [-0.2, -0.15) is 0 Å². The van der Waals surface area contributed by atoms with Gasteiger partial charge >= 0.3 is 0 Å². The molecule has 0 aliphatic heterocycles. The first-order valence-electron chi connectivity index (χ1n) is 7.56. The van der Waals surface area contributed by atoms with Crippen LogP contribution in [0, 0.1) is 5.92 Å². The fourth-order valence-corrected chi connectivity index (χ4v) is 3.61. The Kier molecular flexibility index (Phi) is 5.09. The van der Waals surface area contributed by atoms with Crippen LogP contribution in [0.25, 0.3) is 0 Å². The second-order valence-electron chi connectivity index (χ2n) is 5.87. The molecule has 2 saturated carbocycles. The lowest BCUT2D eigenvalue weighted by molar-refractivity contribution is 0.0797. The van der Waals surface area contributed by atoms with Gasteiger partial charge in [-0.1, -0.05) is 30.9 Å². The van der Waals surface area contributed by atoms with Crippen molar-refractivity contribution >= 4 is 0 Å². The molecule has 0 saturated heterocycles. The zero-order chi connectivity index (χ0) is 12.1. The molecule has 17 heavy (non-hydrogen) atoms. The third-order valence-electron chi connectivity index (χ3n) is 4.78. The number of hydrogen-bond acceptors (Lipinski definition) is 1. The maximum Gasteiger partial charge on any atom is 0.0577 e. The van der Waals surface area contributed by atoms with E-state index < -0.39 is 0 Å². The lowest BCUT2D eigenvalue weighted by atomic mass is 9.78. The average molecular weight is 236 g/mol. The van der Waals surface area contributed by atoms with E-state index in [1.54, 1.807) is 5.57 Å². The molecule has 2 rings (SSSR count). The Morgan fingerprint density at radius 2 is 1.47 bits per heavy atom. The monoisotopic (exact) mass is 236 g/mol. The summed E-state index contributed by atoms with van der Waals surface area (Å²) >= 11 is 0. The summed E-state index contributed by atoms with van der Waals surface area (Å²) in [6, 6.07) is 0. The first-order chi connectivity index (χ1) is 8.33. The maximum absolute atomic E-state index is 5.45. The van der Waals surface area contributed by atoms with Gasteiger partial charge in [0.25, 0.3) is 0 Å². The Labute approximate surface area is 107 Å². The largest absolute Gasteiger partial charge is 0.381 e. The van der Waals surface area contributed by atoms with Crippen LogP contribution in [-0.4, -0.2) is 13.2 Å². The van der Waals surface area contributed by atoms with Gasteiger partial charge in [-0.25, -0.2) is 0 Å². The Morgan fingerprint density at radius 3 is 1.94 bits per heavy atom. The van der Waals surface area contributed by atoms with E-state index >= 15 is 0 Å². The van der Waals surface area contributed by atoms with Gasteiger partial charge in [0.05, 0.1) is 6.10 Å². The second kappa shape index (κ2) is 6.58. The molecule has 0 atom stereocenters. The molecule has 0 aromatic heterocycles. The van der Waals surface area contributed by atoms with Crippen LogP contribution in [0.5, 0.6) is 0 Å². The van der Waals surface area contributed by atoms with Crippen molar-refractivity contribution in [1.82, 2.24) is 0 Å². The summed E-state index contributed by atoms with van der Waals surface area (Å²) in [5.41, 5.74) is 3.63. The minimum Gasteiger partial charge on any atom is -0.381 e. The van der Waals surface area contributed by atoms with Gasteiger partial charge in [-0.05, 0) is 57.3 Å². The maximum atomic E-state index is 5.45. The third-order valence-corrected chi connectivity index (χ3v) is 4.78. The van der Waals surface area contributed by atoms with Crippen molar-refractivity contribution in [3.8, 4) is 0 Å². The Balaban J connectivity index is 1.83. The zero-order valence-corrected chi connectivity index (χ0v) is 11.6. The van der Waals surface area contributed by atoms with E-state index in [9.17, 15) is 0 Å². The van der Waals surface area contributed by atoms with E-state index in [1.165, 1.54) is 64.2 Å². The molecule has 2 fully saturated rings. The Morgan fingerprint density at radius 1 is 0.941 bits per heavy atom. The van der Waals surface area contributed by atoms with Crippen molar-refractivity contribution < 1.29 is 4.74 Å². The number of rotatable bonds is 3. The van der Waals surface area contributed by atoms with Gasteiger partial charge in [-0.3, -0.25) is 0 Å². The molecule has 0 heterocycles. The van der Waals surface area contributed by atoms with E-state index in [0.29, 0.717) is 6.10 Å². The van der Waals surface area contributed by atoms with Crippen LogP contribution in [0.1, 0.15) is 71.1 Å². The van der Waals surface area contributed by atoms with Crippen molar-refractivity contribution in [2.45, 2.75) is 77.2 Å². The molecule has 0 aromatic carbocycles. The molecule has 98 valence electrons. The lowest BCUT2D eigenvalue weighted by Crippen LogP contribution is -2.18. The number of ether oxygens (including phenoxy) is 1. The van der Waals surface area contributed by atoms with Gasteiger partial charge < -0.3 is 4.74 Å². The Bertz CT molecular complexity index is 247. The van der Waals surface area contributed by atoms with E-state index in [0.717, 1.165) is 5.92 Å². The fourth-order valence-electron chi connectivity index (χ4n) is 3.61. The van der Waals surface area contributed by atoms with E-state index in [4.69, 9.17) is 4.74 Å². The molecular formula is C16H28O.